The molecule has 0 fully saturated rings. The molecular formula is C16H12N4O3S. The summed E-state index contributed by atoms with van der Waals surface area (Å²) in [6.07, 6.45) is 2.09. The van der Waals surface area contributed by atoms with Crippen molar-refractivity contribution in [1.82, 2.24) is 19.2 Å². The van der Waals surface area contributed by atoms with Crippen LogP contribution in [0, 0.1) is 0 Å². The largest absolute Gasteiger partial charge is 0.497 e. The molecule has 0 saturated heterocycles. The lowest BCUT2D eigenvalue weighted by Crippen LogP contribution is -2.27. The lowest BCUT2D eigenvalue weighted by molar-refractivity contribution is 0.112. The number of benzene rings is 1. The van der Waals surface area contributed by atoms with E-state index in [0.717, 1.165) is 17.6 Å². The molecule has 0 aliphatic rings. The summed E-state index contributed by atoms with van der Waals surface area (Å²) in [5.74, 6) is 0.752. The quantitative estimate of drug-likeness (QED) is 0.531. The van der Waals surface area contributed by atoms with E-state index in [1.165, 1.54) is 22.2 Å². The van der Waals surface area contributed by atoms with Gasteiger partial charge in [0.15, 0.2) is 11.9 Å². The second-order valence-electron chi connectivity index (χ2n) is 5.20. The van der Waals surface area contributed by atoms with Crippen LogP contribution in [0.2, 0.25) is 0 Å². The minimum absolute atomic E-state index is 0.287. The highest BCUT2D eigenvalue weighted by molar-refractivity contribution is 7.17. The zero-order valence-corrected chi connectivity index (χ0v) is 13.5. The summed E-state index contributed by atoms with van der Waals surface area (Å²) in [6.45, 7) is 0.369. The van der Waals surface area contributed by atoms with Crippen molar-refractivity contribution < 1.29 is 9.53 Å². The van der Waals surface area contributed by atoms with Crippen LogP contribution in [-0.2, 0) is 6.54 Å². The molecule has 1 aromatic carbocycles. The van der Waals surface area contributed by atoms with E-state index in [4.69, 9.17) is 4.74 Å². The van der Waals surface area contributed by atoms with E-state index in [2.05, 4.69) is 10.1 Å². The Morgan fingerprint density at radius 3 is 2.79 bits per heavy atom. The highest BCUT2D eigenvalue weighted by Crippen LogP contribution is 2.27. The van der Waals surface area contributed by atoms with Gasteiger partial charge in [0.2, 0.25) is 0 Å². The second kappa shape index (κ2) is 5.57. The SMILES string of the molecule is COc1ccc(Cn2c(=O)n3ncnc3c3c(C=O)csc32)cc1. The normalized spacial score (nSPS) is 11.2. The van der Waals surface area contributed by atoms with Crippen LogP contribution in [0.1, 0.15) is 15.9 Å². The molecule has 4 rings (SSSR count). The summed E-state index contributed by atoms with van der Waals surface area (Å²) >= 11 is 1.35. The molecule has 0 atom stereocenters. The van der Waals surface area contributed by atoms with E-state index >= 15 is 0 Å². The first-order valence-corrected chi connectivity index (χ1v) is 8.02. The van der Waals surface area contributed by atoms with Crippen molar-refractivity contribution in [3.05, 3.63) is 57.6 Å². The Hall–Kier alpha value is -3.00. The average Bonchev–Trinajstić information content (AvgIpc) is 3.25. The second-order valence-corrected chi connectivity index (χ2v) is 6.06. The van der Waals surface area contributed by atoms with Gasteiger partial charge in [-0.15, -0.1) is 11.3 Å². The predicted molar refractivity (Wildman–Crippen MR) is 90.1 cm³/mol. The van der Waals surface area contributed by atoms with E-state index in [1.807, 2.05) is 24.3 Å². The zero-order chi connectivity index (χ0) is 16.7. The molecule has 0 saturated carbocycles. The fourth-order valence-electron chi connectivity index (χ4n) is 2.68. The zero-order valence-electron chi connectivity index (χ0n) is 12.7. The Bertz CT molecular complexity index is 1110. The third-order valence-electron chi connectivity index (χ3n) is 3.86. The molecule has 0 radical (unpaired) electrons. The molecule has 0 aliphatic heterocycles. The molecule has 0 spiro atoms. The summed E-state index contributed by atoms with van der Waals surface area (Å²) < 4.78 is 7.99. The van der Waals surface area contributed by atoms with E-state index in [-0.39, 0.29) is 5.69 Å². The molecule has 24 heavy (non-hydrogen) atoms. The Morgan fingerprint density at radius 2 is 2.08 bits per heavy atom. The molecule has 120 valence electrons. The van der Waals surface area contributed by atoms with Crippen molar-refractivity contribution in [2.45, 2.75) is 6.54 Å². The highest BCUT2D eigenvalue weighted by atomic mass is 32.1. The van der Waals surface area contributed by atoms with Crippen LogP contribution >= 0.6 is 11.3 Å². The first-order chi connectivity index (χ1) is 11.7. The molecule has 7 nitrogen and oxygen atoms in total. The smallest absolute Gasteiger partial charge is 0.352 e. The fraction of sp³-hybridized carbons (Fsp3) is 0.125. The van der Waals surface area contributed by atoms with Crippen molar-refractivity contribution in [1.29, 1.82) is 0 Å². The number of nitrogens with zero attached hydrogens (tertiary/aromatic N) is 4. The van der Waals surface area contributed by atoms with Crippen molar-refractivity contribution in [3.63, 3.8) is 0 Å². The van der Waals surface area contributed by atoms with Gasteiger partial charge in [0.1, 0.15) is 16.9 Å². The average molecular weight is 340 g/mol. The standard InChI is InChI=1S/C16H12N4O3S/c1-23-12-4-2-10(3-5-12)6-19-15-13(11(7-21)8-24-15)14-17-9-18-20(14)16(19)22/h2-5,7-9H,6H2,1H3. The number of rotatable bonds is 4. The monoisotopic (exact) mass is 340 g/mol. The third-order valence-corrected chi connectivity index (χ3v) is 4.87. The van der Waals surface area contributed by atoms with Gasteiger partial charge < -0.3 is 4.74 Å². The number of aromatic nitrogens is 4. The maximum absolute atomic E-state index is 12.7. The van der Waals surface area contributed by atoms with Gasteiger partial charge in [-0.05, 0) is 17.7 Å². The number of hydrogen-bond donors (Lipinski definition) is 0. The molecular weight excluding hydrogens is 328 g/mol. The summed E-state index contributed by atoms with van der Waals surface area (Å²) in [5.41, 5.74) is 1.57. The number of aldehydes is 1. The first-order valence-electron chi connectivity index (χ1n) is 7.14. The van der Waals surface area contributed by atoms with E-state index in [9.17, 15) is 9.59 Å². The number of thiophene rings is 1. The molecule has 3 aromatic heterocycles. The van der Waals surface area contributed by atoms with Crippen molar-refractivity contribution in [3.8, 4) is 5.75 Å². The minimum Gasteiger partial charge on any atom is -0.497 e. The summed E-state index contributed by atoms with van der Waals surface area (Å²) in [4.78, 5) is 28.9. The number of hydrogen-bond acceptors (Lipinski definition) is 6. The molecule has 0 bridgehead atoms. The van der Waals surface area contributed by atoms with E-state index < -0.39 is 0 Å². The lowest BCUT2D eigenvalue weighted by Gasteiger charge is -2.09. The van der Waals surface area contributed by atoms with Crippen LogP contribution in [0.3, 0.4) is 0 Å². The van der Waals surface area contributed by atoms with Gasteiger partial charge in [-0.3, -0.25) is 9.36 Å². The number of fused-ring (bicyclic) bond motifs is 3. The maximum Gasteiger partial charge on any atom is 0.352 e. The predicted octanol–water partition coefficient (Wildman–Crippen LogP) is 1.98. The maximum atomic E-state index is 12.7. The van der Waals surface area contributed by atoms with Crippen LogP contribution in [0.15, 0.2) is 40.8 Å². The number of ether oxygens (including phenoxy) is 1. The topological polar surface area (TPSA) is 78.5 Å². The fourth-order valence-corrected chi connectivity index (χ4v) is 3.69. The first kappa shape index (κ1) is 14.6. The van der Waals surface area contributed by atoms with E-state index in [0.29, 0.717) is 28.0 Å². The number of methoxy groups -OCH3 is 1. The molecule has 3 heterocycles. The van der Waals surface area contributed by atoms with Gasteiger partial charge in [-0.25, -0.2) is 9.78 Å². The van der Waals surface area contributed by atoms with E-state index in [1.54, 1.807) is 17.1 Å². The Balaban J connectivity index is 1.95. The highest BCUT2D eigenvalue weighted by Gasteiger charge is 2.17. The summed E-state index contributed by atoms with van der Waals surface area (Å²) in [5, 5.41) is 6.38. The van der Waals surface area contributed by atoms with Gasteiger partial charge in [-0.1, -0.05) is 12.1 Å². The van der Waals surface area contributed by atoms with Gasteiger partial charge in [0.25, 0.3) is 0 Å². The molecule has 4 aromatic rings. The van der Waals surface area contributed by atoms with Crippen LogP contribution in [0.25, 0.3) is 15.9 Å². The summed E-state index contributed by atoms with van der Waals surface area (Å²) in [6, 6.07) is 7.49. The molecule has 0 unspecified atom stereocenters. The van der Waals surface area contributed by atoms with Crippen LogP contribution < -0.4 is 10.4 Å². The van der Waals surface area contributed by atoms with Gasteiger partial charge in [0.05, 0.1) is 19.0 Å². The van der Waals surface area contributed by atoms with Crippen molar-refractivity contribution in [2.24, 2.45) is 0 Å². The summed E-state index contributed by atoms with van der Waals surface area (Å²) in [7, 11) is 1.61. The van der Waals surface area contributed by atoms with Crippen LogP contribution in [0.4, 0.5) is 0 Å². The molecule has 0 N–H and O–H groups in total. The van der Waals surface area contributed by atoms with Crippen molar-refractivity contribution in [2.75, 3.05) is 7.11 Å². The lowest BCUT2D eigenvalue weighted by atomic mass is 10.2. The van der Waals surface area contributed by atoms with Crippen LogP contribution in [0.5, 0.6) is 5.75 Å². The van der Waals surface area contributed by atoms with Crippen molar-refractivity contribution >= 4 is 33.5 Å². The van der Waals surface area contributed by atoms with Gasteiger partial charge in [0, 0.05) is 10.9 Å². The third kappa shape index (κ3) is 2.11. The van der Waals surface area contributed by atoms with Gasteiger partial charge in [-0.2, -0.15) is 9.61 Å². The Morgan fingerprint density at radius 1 is 1.29 bits per heavy atom. The minimum atomic E-state index is -0.287. The van der Waals surface area contributed by atoms with Gasteiger partial charge >= 0.3 is 5.69 Å². The molecule has 0 aliphatic carbocycles. The number of carbonyl (C=O) groups excluding carboxylic acids is 1. The van der Waals surface area contributed by atoms with Crippen LogP contribution in [-0.4, -0.2) is 32.6 Å². The molecule has 0 amide bonds. The Kier molecular flexibility index (Phi) is 3.39. The Labute approximate surface area is 139 Å². The molecule has 8 heteroatoms. The number of carbonyl (C=O) groups is 1.